The smallest absolute Gasteiger partial charge is 0.191 e. The van der Waals surface area contributed by atoms with Crippen LogP contribution in [0.15, 0.2) is 59.6 Å². The van der Waals surface area contributed by atoms with Crippen LogP contribution in [-0.2, 0) is 13.0 Å². The number of halogens is 2. The van der Waals surface area contributed by atoms with Crippen molar-refractivity contribution >= 4 is 11.6 Å². The third kappa shape index (κ3) is 5.29. The zero-order valence-corrected chi connectivity index (χ0v) is 15.4. The summed E-state index contributed by atoms with van der Waals surface area (Å²) in [5, 5.41) is 6.39. The zero-order chi connectivity index (χ0) is 19.1. The predicted molar refractivity (Wildman–Crippen MR) is 106 cm³/mol. The maximum Gasteiger partial charge on any atom is 0.191 e. The summed E-state index contributed by atoms with van der Waals surface area (Å²) in [6.45, 7) is 2.97. The first-order valence-corrected chi connectivity index (χ1v) is 9.03. The second-order valence-electron chi connectivity index (χ2n) is 6.38. The van der Waals surface area contributed by atoms with Crippen molar-refractivity contribution in [3.8, 4) is 0 Å². The van der Waals surface area contributed by atoms with Crippen LogP contribution in [0.3, 0.4) is 0 Å². The monoisotopic (exact) mass is 370 g/mol. The quantitative estimate of drug-likeness (QED) is 0.466. The van der Waals surface area contributed by atoms with Crippen LogP contribution in [0.4, 0.5) is 14.5 Å². The summed E-state index contributed by atoms with van der Waals surface area (Å²) in [5.74, 6) is -0.198. The molecular weight excluding hydrogens is 346 g/mol. The highest BCUT2D eigenvalue weighted by Crippen LogP contribution is 2.18. The standard InChI is InChI=1S/C21H24F2N4/c1-24-21(25-10-9-17-14-18(22)7-8-20(17)23)26-15-16-5-4-6-19(13-16)27-11-2-3-12-27/h2-8,13-14H,9-12,15H2,1H3,(H2,24,25,26). The number of aliphatic imine (C=N–C) groups is 1. The summed E-state index contributed by atoms with van der Waals surface area (Å²) in [4.78, 5) is 6.48. The second kappa shape index (κ2) is 9.16. The van der Waals surface area contributed by atoms with Gasteiger partial charge < -0.3 is 15.5 Å². The molecule has 4 nitrogen and oxygen atoms in total. The summed E-state index contributed by atoms with van der Waals surface area (Å²) in [6, 6.07) is 11.9. The molecule has 2 aromatic rings. The first-order valence-electron chi connectivity index (χ1n) is 9.03. The van der Waals surface area contributed by atoms with E-state index in [-0.39, 0.29) is 0 Å². The van der Waals surface area contributed by atoms with Crippen LogP contribution >= 0.6 is 0 Å². The number of rotatable bonds is 6. The Balaban J connectivity index is 1.49. The Hall–Kier alpha value is -2.89. The third-order valence-corrected chi connectivity index (χ3v) is 4.47. The fraction of sp³-hybridized carbons (Fsp3) is 0.286. The summed E-state index contributed by atoms with van der Waals surface area (Å²) in [6.07, 6.45) is 4.71. The van der Waals surface area contributed by atoms with Gasteiger partial charge in [0, 0.05) is 38.9 Å². The molecule has 1 heterocycles. The van der Waals surface area contributed by atoms with Gasteiger partial charge in [-0.15, -0.1) is 0 Å². The first-order chi connectivity index (χ1) is 13.2. The van der Waals surface area contributed by atoms with Gasteiger partial charge >= 0.3 is 0 Å². The van der Waals surface area contributed by atoms with Crippen molar-refractivity contribution in [2.45, 2.75) is 13.0 Å². The van der Waals surface area contributed by atoms with Crippen molar-refractivity contribution in [2.75, 3.05) is 31.6 Å². The van der Waals surface area contributed by atoms with Crippen LogP contribution in [0, 0.1) is 11.6 Å². The van der Waals surface area contributed by atoms with Gasteiger partial charge in [0.1, 0.15) is 11.6 Å². The van der Waals surface area contributed by atoms with Gasteiger partial charge in [0.15, 0.2) is 5.96 Å². The lowest BCUT2D eigenvalue weighted by Gasteiger charge is -2.19. The molecule has 0 atom stereocenters. The molecule has 2 N–H and O–H groups in total. The van der Waals surface area contributed by atoms with E-state index in [1.807, 2.05) is 6.07 Å². The van der Waals surface area contributed by atoms with Crippen LogP contribution in [0.25, 0.3) is 0 Å². The predicted octanol–water partition coefficient (Wildman–Crippen LogP) is 3.25. The molecule has 0 unspecified atom stereocenters. The molecule has 27 heavy (non-hydrogen) atoms. The van der Waals surface area contributed by atoms with Gasteiger partial charge in [0.2, 0.25) is 0 Å². The molecule has 1 aliphatic heterocycles. The largest absolute Gasteiger partial charge is 0.364 e. The van der Waals surface area contributed by atoms with Crippen LogP contribution in [-0.4, -0.2) is 32.6 Å². The maximum absolute atomic E-state index is 13.7. The Morgan fingerprint density at radius 3 is 2.67 bits per heavy atom. The van der Waals surface area contributed by atoms with Crippen LogP contribution in [0.5, 0.6) is 0 Å². The van der Waals surface area contributed by atoms with Crippen molar-refractivity contribution in [3.63, 3.8) is 0 Å². The van der Waals surface area contributed by atoms with E-state index in [1.54, 1.807) is 7.05 Å². The van der Waals surface area contributed by atoms with E-state index in [4.69, 9.17) is 0 Å². The second-order valence-corrected chi connectivity index (χ2v) is 6.38. The lowest BCUT2D eigenvalue weighted by molar-refractivity contribution is 0.583. The highest BCUT2D eigenvalue weighted by Gasteiger charge is 2.08. The summed E-state index contributed by atoms with van der Waals surface area (Å²) < 4.78 is 26.9. The average Bonchev–Trinajstić information content (AvgIpc) is 3.22. The van der Waals surface area contributed by atoms with E-state index in [2.05, 4.69) is 50.9 Å². The highest BCUT2D eigenvalue weighted by atomic mass is 19.1. The van der Waals surface area contributed by atoms with Crippen molar-refractivity contribution in [2.24, 2.45) is 4.99 Å². The van der Waals surface area contributed by atoms with E-state index in [9.17, 15) is 8.78 Å². The molecule has 0 spiro atoms. The average molecular weight is 370 g/mol. The molecule has 0 fully saturated rings. The molecule has 0 aromatic heterocycles. The normalized spacial score (nSPS) is 13.9. The minimum absolute atomic E-state index is 0.352. The summed E-state index contributed by atoms with van der Waals surface area (Å²) >= 11 is 0. The van der Waals surface area contributed by atoms with E-state index in [1.165, 1.54) is 11.8 Å². The Morgan fingerprint density at radius 2 is 1.89 bits per heavy atom. The van der Waals surface area contributed by atoms with Crippen molar-refractivity contribution in [1.82, 2.24) is 10.6 Å². The molecule has 0 amide bonds. The molecule has 6 heteroatoms. The summed E-state index contributed by atoms with van der Waals surface area (Å²) in [7, 11) is 1.68. The van der Waals surface area contributed by atoms with Crippen molar-refractivity contribution < 1.29 is 8.78 Å². The molecule has 142 valence electrons. The SMILES string of the molecule is CN=C(NCCc1cc(F)ccc1F)NCc1cccc(N2CC=CC2)c1. The van der Waals surface area contributed by atoms with Gasteiger partial charge in [0.05, 0.1) is 0 Å². The van der Waals surface area contributed by atoms with E-state index in [0.29, 0.717) is 31.0 Å². The molecule has 0 saturated carbocycles. The topological polar surface area (TPSA) is 39.7 Å². The maximum atomic E-state index is 13.7. The summed E-state index contributed by atoms with van der Waals surface area (Å²) in [5.41, 5.74) is 2.70. The lowest BCUT2D eigenvalue weighted by Crippen LogP contribution is -2.38. The third-order valence-electron chi connectivity index (χ3n) is 4.47. The van der Waals surface area contributed by atoms with Crippen LogP contribution in [0.2, 0.25) is 0 Å². The van der Waals surface area contributed by atoms with E-state index in [0.717, 1.165) is 30.8 Å². The Labute approximate surface area is 158 Å². The molecule has 0 radical (unpaired) electrons. The molecule has 0 aliphatic carbocycles. The fourth-order valence-electron chi connectivity index (χ4n) is 3.01. The van der Waals surface area contributed by atoms with E-state index < -0.39 is 11.6 Å². The van der Waals surface area contributed by atoms with Crippen LogP contribution < -0.4 is 15.5 Å². The number of nitrogens with zero attached hydrogens (tertiary/aromatic N) is 2. The minimum Gasteiger partial charge on any atom is -0.364 e. The van der Waals surface area contributed by atoms with Gasteiger partial charge in [-0.05, 0) is 47.9 Å². The number of benzene rings is 2. The number of hydrogen-bond donors (Lipinski definition) is 2. The minimum atomic E-state index is -0.429. The Morgan fingerprint density at radius 1 is 1.07 bits per heavy atom. The van der Waals surface area contributed by atoms with Gasteiger partial charge in [-0.2, -0.15) is 0 Å². The highest BCUT2D eigenvalue weighted by molar-refractivity contribution is 5.79. The zero-order valence-electron chi connectivity index (χ0n) is 15.4. The first kappa shape index (κ1) is 18.9. The van der Waals surface area contributed by atoms with Crippen LogP contribution in [0.1, 0.15) is 11.1 Å². The molecular formula is C21H24F2N4. The molecule has 3 rings (SSSR count). The van der Waals surface area contributed by atoms with Gasteiger partial charge in [-0.25, -0.2) is 8.78 Å². The molecule has 1 aliphatic rings. The fourth-order valence-corrected chi connectivity index (χ4v) is 3.01. The van der Waals surface area contributed by atoms with Crippen molar-refractivity contribution in [3.05, 3.63) is 77.4 Å². The molecule has 2 aromatic carbocycles. The number of guanidine groups is 1. The molecule has 0 saturated heterocycles. The van der Waals surface area contributed by atoms with Gasteiger partial charge in [0.25, 0.3) is 0 Å². The van der Waals surface area contributed by atoms with Gasteiger partial charge in [-0.3, -0.25) is 4.99 Å². The number of hydrogen-bond acceptors (Lipinski definition) is 2. The van der Waals surface area contributed by atoms with E-state index >= 15 is 0 Å². The molecule has 0 bridgehead atoms. The number of nitrogens with one attached hydrogen (secondary N) is 2. The number of anilines is 1. The van der Waals surface area contributed by atoms with Crippen molar-refractivity contribution in [1.29, 1.82) is 0 Å². The Bertz CT molecular complexity index is 825. The van der Waals surface area contributed by atoms with Gasteiger partial charge in [-0.1, -0.05) is 24.3 Å². The lowest BCUT2D eigenvalue weighted by atomic mass is 10.1. The Kier molecular flexibility index (Phi) is 6.41.